The van der Waals surface area contributed by atoms with Gasteiger partial charge in [-0.25, -0.2) is 4.39 Å². The van der Waals surface area contributed by atoms with Crippen LogP contribution in [0.3, 0.4) is 0 Å². The molecule has 2 nitrogen and oxygen atoms in total. The number of aliphatic hydroxyl groups excluding tert-OH is 1. The van der Waals surface area contributed by atoms with E-state index in [0.717, 1.165) is 37.7 Å². The molecule has 0 unspecified atom stereocenters. The summed E-state index contributed by atoms with van der Waals surface area (Å²) >= 11 is 0. The minimum absolute atomic E-state index is 0.150. The maximum Gasteiger partial charge on any atom is 0.139 e. The number of fused-ring (bicyclic) bond motifs is 5. The molecule has 0 aliphatic heterocycles. The normalized spacial score (nSPS) is 54.3. The first-order valence-corrected chi connectivity index (χ1v) is 8.92. The minimum atomic E-state index is -0.947. The number of halogens is 1. The SMILES string of the molecule is C[C@]12C(=CC[C@@H]3[C@@H]1CC[C@]1(C)C(=O)CC[C@@H]31)C[C@@H](O)C[C@H]2F. The van der Waals surface area contributed by atoms with Crippen molar-refractivity contribution in [3.8, 4) is 0 Å². The number of carbonyl (C=O) groups excluding carboxylic acids is 1. The van der Waals surface area contributed by atoms with Gasteiger partial charge in [0, 0.05) is 23.7 Å². The van der Waals surface area contributed by atoms with Crippen LogP contribution in [0.25, 0.3) is 0 Å². The van der Waals surface area contributed by atoms with Crippen molar-refractivity contribution in [3.63, 3.8) is 0 Å². The fourth-order valence-electron chi connectivity index (χ4n) is 6.43. The molecule has 3 heteroatoms. The van der Waals surface area contributed by atoms with E-state index in [2.05, 4.69) is 19.9 Å². The molecule has 4 aliphatic carbocycles. The summed E-state index contributed by atoms with van der Waals surface area (Å²) in [5, 5.41) is 9.93. The molecule has 0 radical (unpaired) electrons. The van der Waals surface area contributed by atoms with Crippen molar-refractivity contribution in [3.05, 3.63) is 11.6 Å². The van der Waals surface area contributed by atoms with Crippen LogP contribution in [0, 0.1) is 28.6 Å². The van der Waals surface area contributed by atoms with E-state index in [0.29, 0.717) is 30.0 Å². The number of hydrogen-bond donors (Lipinski definition) is 1. The van der Waals surface area contributed by atoms with E-state index in [1.54, 1.807) is 0 Å². The summed E-state index contributed by atoms with van der Waals surface area (Å²) in [6.45, 7) is 4.24. The van der Waals surface area contributed by atoms with Gasteiger partial charge in [-0.05, 0) is 49.9 Å². The minimum Gasteiger partial charge on any atom is -0.393 e. The first kappa shape index (κ1) is 14.9. The molecule has 0 amide bonds. The van der Waals surface area contributed by atoms with Crippen molar-refractivity contribution in [1.82, 2.24) is 0 Å². The number of ketones is 1. The molecule has 3 saturated carbocycles. The lowest BCUT2D eigenvalue weighted by atomic mass is 9.47. The number of carbonyl (C=O) groups is 1. The molecule has 0 aromatic heterocycles. The molecule has 0 aromatic carbocycles. The predicted molar refractivity (Wildman–Crippen MR) is 83.0 cm³/mol. The highest BCUT2D eigenvalue weighted by Crippen LogP contribution is 2.64. The van der Waals surface area contributed by atoms with Gasteiger partial charge in [-0.2, -0.15) is 0 Å². The zero-order valence-electron chi connectivity index (χ0n) is 13.6. The average Bonchev–Trinajstić information content (AvgIpc) is 2.77. The Bertz CT molecular complexity index is 542. The van der Waals surface area contributed by atoms with Crippen molar-refractivity contribution in [2.75, 3.05) is 0 Å². The molecular weight excluding hydrogens is 279 g/mol. The van der Waals surface area contributed by atoms with Crippen LogP contribution in [0.2, 0.25) is 0 Å². The van der Waals surface area contributed by atoms with E-state index in [4.69, 9.17) is 0 Å². The van der Waals surface area contributed by atoms with Crippen molar-refractivity contribution in [1.29, 1.82) is 0 Å². The summed E-state index contributed by atoms with van der Waals surface area (Å²) in [6, 6.07) is 0. The van der Waals surface area contributed by atoms with E-state index in [-0.39, 0.29) is 11.8 Å². The average molecular weight is 306 g/mol. The molecule has 4 rings (SSSR count). The summed E-state index contributed by atoms with van der Waals surface area (Å²) in [6.07, 6.45) is 6.24. The van der Waals surface area contributed by atoms with Gasteiger partial charge in [0.15, 0.2) is 0 Å². The first-order valence-electron chi connectivity index (χ1n) is 8.92. The quantitative estimate of drug-likeness (QED) is 0.691. The Morgan fingerprint density at radius 2 is 2.05 bits per heavy atom. The zero-order valence-corrected chi connectivity index (χ0v) is 13.6. The maximum absolute atomic E-state index is 15.0. The van der Waals surface area contributed by atoms with Crippen LogP contribution in [0.15, 0.2) is 11.6 Å². The molecule has 7 atom stereocenters. The highest BCUT2D eigenvalue weighted by Gasteiger charge is 2.60. The van der Waals surface area contributed by atoms with Crippen LogP contribution in [-0.4, -0.2) is 23.2 Å². The second-order valence-corrected chi connectivity index (χ2v) is 8.60. The van der Waals surface area contributed by atoms with Gasteiger partial charge in [-0.15, -0.1) is 0 Å². The Hall–Kier alpha value is -0.700. The zero-order chi connectivity index (χ0) is 15.7. The van der Waals surface area contributed by atoms with Crippen LogP contribution in [0.1, 0.15) is 58.8 Å². The molecule has 0 heterocycles. The number of rotatable bonds is 0. The highest BCUT2D eigenvalue weighted by atomic mass is 19.1. The predicted octanol–water partition coefficient (Wildman–Crippen LogP) is 3.83. The van der Waals surface area contributed by atoms with Gasteiger partial charge < -0.3 is 5.11 Å². The first-order chi connectivity index (χ1) is 10.4. The van der Waals surface area contributed by atoms with Crippen LogP contribution in [-0.2, 0) is 4.79 Å². The van der Waals surface area contributed by atoms with Gasteiger partial charge in [0.25, 0.3) is 0 Å². The fraction of sp³-hybridized carbons (Fsp3) is 0.842. The number of alkyl halides is 1. The molecule has 0 saturated heterocycles. The Kier molecular flexibility index (Phi) is 3.15. The number of hydrogen-bond acceptors (Lipinski definition) is 2. The Morgan fingerprint density at radius 3 is 2.82 bits per heavy atom. The van der Waals surface area contributed by atoms with Gasteiger partial charge in [-0.3, -0.25) is 4.79 Å². The molecule has 122 valence electrons. The molecule has 22 heavy (non-hydrogen) atoms. The standard InChI is InChI=1S/C19H27FO2/c1-18-8-7-15-13(14(18)5-6-17(18)22)4-3-11-9-12(21)10-16(20)19(11,15)2/h3,12-16,21H,4-10H2,1-2H3/t12-,13+,14+,15+,16-,18+,19+/m1/s1. The topological polar surface area (TPSA) is 37.3 Å². The molecule has 3 fully saturated rings. The van der Waals surface area contributed by atoms with E-state index < -0.39 is 17.7 Å². The molecule has 0 bridgehead atoms. The Balaban J connectivity index is 1.72. The second-order valence-electron chi connectivity index (χ2n) is 8.60. The van der Waals surface area contributed by atoms with Crippen molar-refractivity contribution < 1.29 is 14.3 Å². The van der Waals surface area contributed by atoms with Crippen molar-refractivity contribution >= 4 is 5.78 Å². The fourth-order valence-corrected chi connectivity index (χ4v) is 6.43. The van der Waals surface area contributed by atoms with E-state index in [1.165, 1.54) is 0 Å². The van der Waals surface area contributed by atoms with Gasteiger partial charge in [0.1, 0.15) is 12.0 Å². The van der Waals surface area contributed by atoms with E-state index in [1.807, 2.05) is 0 Å². The summed E-state index contributed by atoms with van der Waals surface area (Å²) in [7, 11) is 0. The molecule has 4 aliphatic rings. The summed E-state index contributed by atoms with van der Waals surface area (Å²) in [4.78, 5) is 12.4. The summed E-state index contributed by atoms with van der Waals surface area (Å²) in [5.74, 6) is 1.67. The van der Waals surface area contributed by atoms with Gasteiger partial charge in [0.2, 0.25) is 0 Å². The third-order valence-corrected chi connectivity index (χ3v) is 7.83. The maximum atomic E-state index is 15.0. The molecule has 1 N–H and O–H groups in total. The summed E-state index contributed by atoms with van der Waals surface area (Å²) in [5.41, 5.74) is 0.589. The third-order valence-electron chi connectivity index (χ3n) is 7.83. The number of Topliss-reactive ketones (excluding diaryl/α,β-unsaturated/α-hetero) is 1. The smallest absolute Gasteiger partial charge is 0.139 e. The van der Waals surface area contributed by atoms with Gasteiger partial charge in [0.05, 0.1) is 6.10 Å². The van der Waals surface area contributed by atoms with Gasteiger partial charge in [-0.1, -0.05) is 25.5 Å². The lowest BCUT2D eigenvalue weighted by molar-refractivity contribution is -0.133. The van der Waals surface area contributed by atoms with Crippen molar-refractivity contribution in [2.45, 2.75) is 71.1 Å². The lowest BCUT2D eigenvalue weighted by Crippen LogP contribution is -2.54. The van der Waals surface area contributed by atoms with Crippen LogP contribution in [0.4, 0.5) is 4.39 Å². The van der Waals surface area contributed by atoms with Gasteiger partial charge >= 0.3 is 0 Å². The third kappa shape index (κ3) is 1.72. The summed E-state index contributed by atoms with van der Waals surface area (Å²) < 4.78 is 15.0. The largest absolute Gasteiger partial charge is 0.393 e. The van der Waals surface area contributed by atoms with E-state index >= 15 is 0 Å². The highest BCUT2D eigenvalue weighted by molar-refractivity contribution is 5.87. The Labute approximate surface area is 132 Å². The molecule has 0 aromatic rings. The Morgan fingerprint density at radius 1 is 1.27 bits per heavy atom. The number of allylic oxidation sites excluding steroid dienone is 1. The van der Waals surface area contributed by atoms with E-state index in [9.17, 15) is 14.3 Å². The molecular formula is C19H27FO2. The monoisotopic (exact) mass is 306 g/mol. The van der Waals surface area contributed by atoms with Crippen LogP contribution in [0.5, 0.6) is 0 Å². The number of aliphatic hydroxyl groups is 1. The second kappa shape index (κ2) is 4.66. The van der Waals surface area contributed by atoms with Crippen LogP contribution >= 0.6 is 0 Å². The lowest BCUT2D eigenvalue weighted by Gasteiger charge is -2.57. The molecule has 0 spiro atoms. The van der Waals surface area contributed by atoms with Crippen LogP contribution < -0.4 is 0 Å². The van der Waals surface area contributed by atoms with Crippen molar-refractivity contribution in [2.24, 2.45) is 28.6 Å².